The molecule has 2 N–H and O–H groups in total. The van der Waals surface area contributed by atoms with E-state index in [2.05, 4.69) is 26.0 Å². The number of allylic oxidation sites excluding steroid dienone is 2. The number of ketones is 1. The molecule has 1 rings (SSSR count). The van der Waals surface area contributed by atoms with Crippen molar-refractivity contribution in [1.29, 1.82) is 0 Å². The van der Waals surface area contributed by atoms with Crippen molar-refractivity contribution in [3.63, 3.8) is 0 Å². The van der Waals surface area contributed by atoms with E-state index in [4.69, 9.17) is 0 Å². The molecule has 144 valence electrons. The van der Waals surface area contributed by atoms with Gasteiger partial charge in [-0.15, -0.1) is 0 Å². The van der Waals surface area contributed by atoms with Crippen molar-refractivity contribution in [2.75, 3.05) is 0 Å². The maximum atomic E-state index is 12.1. The third-order valence-electron chi connectivity index (χ3n) is 5.17. The van der Waals surface area contributed by atoms with Crippen LogP contribution >= 0.6 is 0 Å². The predicted molar refractivity (Wildman–Crippen MR) is 104 cm³/mol. The Morgan fingerprint density at radius 3 is 2.52 bits per heavy atom. The second-order valence-electron chi connectivity index (χ2n) is 7.43. The minimum Gasteiger partial charge on any atom is -0.392 e. The summed E-state index contributed by atoms with van der Waals surface area (Å²) in [4.78, 5) is 12.1. The van der Waals surface area contributed by atoms with Crippen molar-refractivity contribution in [2.45, 2.75) is 96.7 Å². The van der Waals surface area contributed by atoms with Gasteiger partial charge in [-0.25, -0.2) is 0 Å². The topological polar surface area (TPSA) is 57.5 Å². The highest BCUT2D eigenvalue weighted by Gasteiger charge is 2.39. The Balaban J connectivity index is 2.43. The highest BCUT2D eigenvalue weighted by atomic mass is 16.3. The standard InChI is InChI=1S/C22H38O3/c1-3-5-7-9-11-13-18(23)15-16-20-19(21(24)17-22(20)25)14-12-10-8-6-4-2/h10,12,15-16,18-20,22-23,25H,3-9,11,13-14,17H2,1-2H3/b12-10+,16-15+. The predicted octanol–water partition coefficient (Wildman–Crippen LogP) is 4.97. The number of hydrogen-bond donors (Lipinski definition) is 2. The molecule has 0 amide bonds. The molecule has 25 heavy (non-hydrogen) atoms. The SMILES string of the molecule is CCCC/C=C/CC1C(=O)CC(O)C1/C=C/C(O)CCCCCCC. The van der Waals surface area contributed by atoms with Crippen molar-refractivity contribution in [2.24, 2.45) is 11.8 Å². The fraction of sp³-hybridized carbons (Fsp3) is 0.773. The number of hydrogen-bond acceptors (Lipinski definition) is 3. The van der Waals surface area contributed by atoms with Crippen LogP contribution in [0.25, 0.3) is 0 Å². The number of aliphatic hydroxyl groups excluding tert-OH is 2. The van der Waals surface area contributed by atoms with E-state index in [0.29, 0.717) is 6.42 Å². The largest absolute Gasteiger partial charge is 0.392 e. The molecule has 0 radical (unpaired) electrons. The second kappa shape index (κ2) is 13.3. The van der Waals surface area contributed by atoms with Gasteiger partial charge in [-0.3, -0.25) is 4.79 Å². The zero-order chi connectivity index (χ0) is 18.5. The first kappa shape index (κ1) is 22.1. The summed E-state index contributed by atoms with van der Waals surface area (Å²) in [6, 6.07) is 0. The smallest absolute Gasteiger partial charge is 0.139 e. The molecular weight excluding hydrogens is 312 g/mol. The minimum absolute atomic E-state index is 0.138. The van der Waals surface area contributed by atoms with Gasteiger partial charge in [0.25, 0.3) is 0 Å². The Hall–Kier alpha value is -0.930. The van der Waals surface area contributed by atoms with Crippen LogP contribution in [0.1, 0.15) is 84.5 Å². The van der Waals surface area contributed by atoms with E-state index in [0.717, 1.165) is 25.7 Å². The molecule has 0 heterocycles. The monoisotopic (exact) mass is 350 g/mol. The third kappa shape index (κ3) is 8.82. The van der Waals surface area contributed by atoms with Crippen LogP contribution < -0.4 is 0 Å². The maximum Gasteiger partial charge on any atom is 0.139 e. The van der Waals surface area contributed by atoms with Gasteiger partial charge in [0, 0.05) is 18.3 Å². The molecule has 0 bridgehead atoms. The van der Waals surface area contributed by atoms with Crippen molar-refractivity contribution in [1.82, 2.24) is 0 Å². The zero-order valence-electron chi connectivity index (χ0n) is 16.2. The molecule has 0 aromatic heterocycles. The van der Waals surface area contributed by atoms with Crippen molar-refractivity contribution >= 4 is 5.78 Å². The molecule has 1 aliphatic rings. The van der Waals surface area contributed by atoms with Crippen LogP contribution in [-0.2, 0) is 4.79 Å². The number of aliphatic hydroxyl groups is 2. The number of unbranched alkanes of at least 4 members (excludes halogenated alkanes) is 6. The lowest BCUT2D eigenvalue weighted by Crippen LogP contribution is -2.18. The van der Waals surface area contributed by atoms with Crippen LogP contribution in [0.5, 0.6) is 0 Å². The Labute approximate surface area is 154 Å². The Morgan fingerprint density at radius 1 is 1.08 bits per heavy atom. The van der Waals surface area contributed by atoms with E-state index in [1.54, 1.807) is 6.08 Å². The average Bonchev–Trinajstić information content (AvgIpc) is 2.85. The summed E-state index contributed by atoms with van der Waals surface area (Å²) >= 11 is 0. The van der Waals surface area contributed by atoms with Gasteiger partial charge in [-0.2, -0.15) is 0 Å². The molecule has 0 saturated heterocycles. The number of carbonyl (C=O) groups excluding carboxylic acids is 1. The van der Waals surface area contributed by atoms with Crippen molar-refractivity contribution in [3.05, 3.63) is 24.3 Å². The van der Waals surface area contributed by atoms with Gasteiger partial charge >= 0.3 is 0 Å². The van der Waals surface area contributed by atoms with Crippen LogP contribution in [-0.4, -0.2) is 28.2 Å². The summed E-state index contributed by atoms with van der Waals surface area (Å²) in [6.07, 6.45) is 17.8. The summed E-state index contributed by atoms with van der Waals surface area (Å²) in [5.74, 6) is -0.143. The summed E-state index contributed by atoms with van der Waals surface area (Å²) in [5.41, 5.74) is 0. The van der Waals surface area contributed by atoms with Gasteiger partial charge in [0.1, 0.15) is 5.78 Å². The van der Waals surface area contributed by atoms with Gasteiger partial charge in [0.2, 0.25) is 0 Å². The van der Waals surface area contributed by atoms with Gasteiger partial charge in [-0.1, -0.05) is 83.1 Å². The van der Waals surface area contributed by atoms with E-state index < -0.39 is 12.2 Å². The van der Waals surface area contributed by atoms with E-state index >= 15 is 0 Å². The van der Waals surface area contributed by atoms with Crippen molar-refractivity contribution < 1.29 is 15.0 Å². The van der Waals surface area contributed by atoms with Gasteiger partial charge in [-0.05, 0) is 19.3 Å². The first-order chi connectivity index (χ1) is 12.1. The summed E-state index contributed by atoms with van der Waals surface area (Å²) in [6.45, 7) is 4.36. The van der Waals surface area contributed by atoms with Crippen LogP contribution in [0.2, 0.25) is 0 Å². The first-order valence-corrected chi connectivity index (χ1v) is 10.3. The zero-order valence-corrected chi connectivity index (χ0v) is 16.2. The average molecular weight is 351 g/mol. The molecule has 0 spiro atoms. The lowest BCUT2D eigenvalue weighted by Gasteiger charge is -2.16. The first-order valence-electron chi connectivity index (χ1n) is 10.3. The lowest BCUT2D eigenvalue weighted by molar-refractivity contribution is -0.121. The number of rotatable bonds is 13. The molecule has 0 aromatic rings. The van der Waals surface area contributed by atoms with Crippen LogP contribution in [0.4, 0.5) is 0 Å². The highest BCUT2D eigenvalue weighted by Crippen LogP contribution is 2.33. The molecule has 4 atom stereocenters. The van der Waals surface area contributed by atoms with Crippen LogP contribution in [0.15, 0.2) is 24.3 Å². The lowest BCUT2D eigenvalue weighted by atomic mass is 9.90. The molecule has 0 aliphatic heterocycles. The molecule has 1 saturated carbocycles. The second-order valence-corrected chi connectivity index (χ2v) is 7.43. The Morgan fingerprint density at radius 2 is 1.80 bits per heavy atom. The molecule has 1 aliphatic carbocycles. The van der Waals surface area contributed by atoms with E-state index in [-0.39, 0.29) is 24.0 Å². The summed E-state index contributed by atoms with van der Waals surface area (Å²) in [7, 11) is 0. The highest BCUT2D eigenvalue weighted by molar-refractivity contribution is 5.84. The maximum absolute atomic E-state index is 12.1. The Bertz CT molecular complexity index is 413. The number of carbonyl (C=O) groups is 1. The van der Waals surface area contributed by atoms with E-state index in [1.807, 2.05) is 6.08 Å². The van der Waals surface area contributed by atoms with Crippen molar-refractivity contribution in [3.8, 4) is 0 Å². The molecule has 3 heteroatoms. The Kier molecular flexibility index (Phi) is 11.8. The normalized spacial score (nSPS) is 25.4. The summed E-state index contributed by atoms with van der Waals surface area (Å²) in [5, 5.41) is 20.3. The number of Topliss-reactive ketones (excluding diaryl/α,β-unsaturated/α-hetero) is 1. The van der Waals surface area contributed by atoms with Crippen LogP contribution in [0, 0.1) is 11.8 Å². The summed E-state index contributed by atoms with van der Waals surface area (Å²) < 4.78 is 0. The minimum atomic E-state index is -0.602. The third-order valence-corrected chi connectivity index (χ3v) is 5.17. The van der Waals surface area contributed by atoms with E-state index in [1.165, 1.54) is 32.1 Å². The molecular formula is C22H38O3. The van der Waals surface area contributed by atoms with Gasteiger partial charge in [0.05, 0.1) is 12.2 Å². The quantitative estimate of drug-likeness (QED) is 0.364. The fourth-order valence-corrected chi connectivity index (χ4v) is 3.52. The van der Waals surface area contributed by atoms with E-state index in [9.17, 15) is 15.0 Å². The molecule has 0 aromatic carbocycles. The van der Waals surface area contributed by atoms with Gasteiger partial charge < -0.3 is 10.2 Å². The molecule has 1 fully saturated rings. The molecule has 4 unspecified atom stereocenters. The molecule has 3 nitrogen and oxygen atoms in total. The van der Waals surface area contributed by atoms with Gasteiger partial charge in [0.15, 0.2) is 0 Å². The fourth-order valence-electron chi connectivity index (χ4n) is 3.52. The van der Waals surface area contributed by atoms with Crippen LogP contribution in [0.3, 0.4) is 0 Å².